The van der Waals surface area contributed by atoms with E-state index in [9.17, 15) is 9.90 Å². The molecule has 4 unspecified atom stereocenters. The summed E-state index contributed by atoms with van der Waals surface area (Å²) in [6, 6.07) is 0. The smallest absolute Gasteiger partial charge is 0.306 e. The third-order valence-corrected chi connectivity index (χ3v) is 5.15. The van der Waals surface area contributed by atoms with Crippen molar-refractivity contribution < 1.29 is 14.6 Å². The van der Waals surface area contributed by atoms with Crippen LogP contribution < -0.4 is 0 Å². The number of carbonyl (C=O) groups is 1. The first kappa shape index (κ1) is 18.5. The van der Waals surface area contributed by atoms with Gasteiger partial charge in [-0.1, -0.05) is 47.0 Å². The zero-order valence-corrected chi connectivity index (χ0v) is 14.3. The zero-order valence-electron chi connectivity index (χ0n) is 14.3. The van der Waals surface area contributed by atoms with Crippen LogP contribution in [0.2, 0.25) is 0 Å². The van der Waals surface area contributed by atoms with Crippen LogP contribution in [0, 0.1) is 23.7 Å². The number of aliphatic hydroxyl groups is 1. The standard InChI is InChI=1S/C18H34O3/c1-5-6-7-8-16-15(9-10-17(16)19)11-18(20)21-12-14(4)13(2)3/h13-17,19H,5-12H2,1-4H3. The Bertz CT molecular complexity index is 301. The molecule has 4 atom stereocenters. The molecule has 0 spiro atoms. The highest BCUT2D eigenvalue weighted by atomic mass is 16.5. The molecule has 21 heavy (non-hydrogen) atoms. The molecule has 124 valence electrons. The molecule has 0 heterocycles. The summed E-state index contributed by atoms with van der Waals surface area (Å²) in [5.41, 5.74) is 0. The first-order chi connectivity index (χ1) is 9.95. The van der Waals surface area contributed by atoms with E-state index in [1.807, 2.05) is 0 Å². The predicted octanol–water partition coefficient (Wildman–Crippen LogP) is 4.18. The Balaban J connectivity index is 2.35. The van der Waals surface area contributed by atoms with Crippen molar-refractivity contribution >= 4 is 5.97 Å². The molecule has 3 nitrogen and oxygen atoms in total. The minimum atomic E-state index is -0.214. The Morgan fingerprint density at radius 3 is 2.57 bits per heavy atom. The van der Waals surface area contributed by atoms with Gasteiger partial charge in [0.2, 0.25) is 0 Å². The third kappa shape index (κ3) is 6.37. The van der Waals surface area contributed by atoms with E-state index < -0.39 is 0 Å². The monoisotopic (exact) mass is 298 g/mol. The van der Waals surface area contributed by atoms with Gasteiger partial charge in [-0.05, 0) is 42.9 Å². The van der Waals surface area contributed by atoms with Crippen LogP contribution in [0.25, 0.3) is 0 Å². The number of rotatable bonds is 9. The molecule has 0 aliphatic heterocycles. The minimum absolute atomic E-state index is 0.0814. The molecular weight excluding hydrogens is 264 g/mol. The quantitative estimate of drug-likeness (QED) is 0.513. The lowest BCUT2D eigenvalue weighted by Crippen LogP contribution is -2.23. The van der Waals surface area contributed by atoms with Crippen molar-refractivity contribution in [1.29, 1.82) is 0 Å². The summed E-state index contributed by atoms with van der Waals surface area (Å²) in [5.74, 6) is 1.48. The van der Waals surface area contributed by atoms with Crippen LogP contribution >= 0.6 is 0 Å². The fourth-order valence-corrected chi connectivity index (χ4v) is 3.13. The second kappa shape index (κ2) is 9.45. The largest absolute Gasteiger partial charge is 0.465 e. The van der Waals surface area contributed by atoms with E-state index in [0.717, 1.165) is 25.7 Å². The molecule has 1 fully saturated rings. The van der Waals surface area contributed by atoms with E-state index in [-0.39, 0.29) is 12.1 Å². The summed E-state index contributed by atoms with van der Waals surface area (Å²) >= 11 is 0. The van der Waals surface area contributed by atoms with Gasteiger partial charge in [0.15, 0.2) is 0 Å². The first-order valence-electron chi connectivity index (χ1n) is 8.79. The number of aliphatic hydroxyl groups excluding tert-OH is 1. The number of unbranched alkanes of at least 4 members (excludes halogenated alkanes) is 2. The van der Waals surface area contributed by atoms with Gasteiger partial charge in [-0.25, -0.2) is 0 Å². The van der Waals surface area contributed by atoms with Gasteiger partial charge in [-0.15, -0.1) is 0 Å². The zero-order chi connectivity index (χ0) is 15.8. The summed E-state index contributed by atoms with van der Waals surface area (Å²) < 4.78 is 5.42. The fourth-order valence-electron chi connectivity index (χ4n) is 3.13. The van der Waals surface area contributed by atoms with Gasteiger partial charge in [-0.2, -0.15) is 0 Å². The topological polar surface area (TPSA) is 46.5 Å². The Labute approximate surface area is 130 Å². The molecule has 0 saturated heterocycles. The van der Waals surface area contributed by atoms with Crippen molar-refractivity contribution in [2.24, 2.45) is 23.7 Å². The summed E-state index contributed by atoms with van der Waals surface area (Å²) in [5, 5.41) is 10.1. The number of esters is 1. The first-order valence-corrected chi connectivity index (χ1v) is 8.79. The highest BCUT2D eigenvalue weighted by Gasteiger charge is 2.35. The highest BCUT2D eigenvalue weighted by molar-refractivity contribution is 5.69. The van der Waals surface area contributed by atoms with Crippen LogP contribution in [0.1, 0.15) is 72.6 Å². The van der Waals surface area contributed by atoms with E-state index in [1.54, 1.807) is 0 Å². The maximum atomic E-state index is 12.0. The van der Waals surface area contributed by atoms with E-state index in [0.29, 0.717) is 36.7 Å². The molecule has 3 heteroatoms. The summed E-state index contributed by atoms with van der Waals surface area (Å²) in [6.07, 6.45) is 6.70. The van der Waals surface area contributed by atoms with Crippen LogP contribution in [0.5, 0.6) is 0 Å². The molecule has 1 aliphatic rings. The van der Waals surface area contributed by atoms with Crippen LogP contribution in [0.4, 0.5) is 0 Å². The molecule has 1 N–H and O–H groups in total. The van der Waals surface area contributed by atoms with Gasteiger partial charge in [-0.3, -0.25) is 4.79 Å². The molecule has 0 aromatic carbocycles. The normalized spacial score (nSPS) is 27.0. The molecule has 0 radical (unpaired) electrons. The van der Waals surface area contributed by atoms with Crippen LogP contribution in [-0.4, -0.2) is 23.8 Å². The summed E-state index contributed by atoms with van der Waals surface area (Å²) in [4.78, 5) is 12.0. The van der Waals surface area contributed by atoms with Crippen LogP contribution in [-0.2, 0) is 9.53 Å². The number of carbonyl (C=O) groups excluding carboxylic acids is 1. The molecule has 1 aliphatic carbocycles. The second-order valence-electron chi connectivity index (χ2n) is 7.17. The third-order valence-electron chi connectivity index (χ3n) is 5.15. The van der Waals surface area contributed by atoms with Gasteiger partial charge in [0.1, 0.15) is 0 Å². The van der Waals surface area contributed by atoms with Gasteiger partial charge >= 0.3 is 5.97 Å². The number of hydrogen-bond donors (Lipinski definition) is 1. The highest BCUT2D eigenvalue weighted by Crippen LogP contribution is 2.38. The van der Waals surface area contributed by atoms with Crippen molar-refractivity contribution in [2.75, 3.05) is 6.61 Å². The summed E-state index contributed by atoms with van der Waals surface area (Å²) in [6.45, 7) is 9.12. The molecule has 0 bridgehead atoms. The summed E-state index contributed by atoms with van der Waals surface area (Å²) in [7, 11) is 0. The maximum absolute atomic E-state index is 12.0. The molecular formula is C18H34O3. The van der Waals surface area contributed by atoms with Crippen molar-refractivity contribution in [3.8, 4) is 0 Å². The van der Waals surface area contributed by atoms with Crippen LogP contribution in [0.3, 0.4) is 0 Å². The van der Waals surface area contributed by atoms with E-state index in [4.69, 9.17) is 4.74 Å². The van der Waals surface area contributed by atoms with Gasteiger partial charge in [0, 0.05) is 6.42 Å². The average molecular weight is 298 g/mol. The predicted molar refractivity (Wildman–Crippen MR) is 85.9 cm³/mol. The molecule has 1 rings (SSSR count). The van der Waals surface area contributed by atoms with Crippen LogP contribution in [0.15, 0.2) is 0 Å². The van der Waals surface area contributed by atoms with E-state index >= 15 is 0 Å². The fraction of sp³-hybridized carbons (Fsp3) is 0.944. The van der Waals surface area contributed by atoms with Crippen molar-refractivity contribution in [3.63, 3.8) is 0 Å². The van der Waals surface area contributed by atoms with E-state index in [1.165, 1.54) is 12.8 Å². The maximum Gasteiger partial charge on any atom is 0.306 e. The number of hydrogen-bond acceptors (Lipinski definition) is 3. The van der Waals surface area contributed by atoms with Crippen molar-refractivity contribution in [2.45, 2.75) is 78.7 Å². The Morgan fingerprint density at radius 1 is 1.24 bits per heavy atom. The lowest BCUT2D eigenvalue weighted by atomic mass is 9.87. The number of ether oxygens (including phenoxy) is 1. The van der Waals surface area contributed by atoms with Crippen molar-refractivity contribution in [1.82, 2.24) is 0 Å². The SMILES string of the molecule is CCCCCC1C(O)CCC1CC(=O)OCC(C)C(C)C. The van der Waals surface area contributed by atoms with Gasteiger partial charge in [0.25, 0.3) is 0 Å². The Kier molecular flexibility index (Phi) is 8.31. The second-order valence-corrected chi connectivity index (χ2v) is 7.17. The molecule has 1 saturated carbocycles. The Morgan fingerprint density at radius 2 is 1.95 bits per heavy atom. The lowest BCUT2D eigenvalue weighted by Gasteiger charge is -2.22. The Hall–Kier alpha value is -0.570. The lowest BCUT2D eigenvalue weighted by molar-refractivity contribution is -0.146. The molecule has 0 aromatic heterocycles. The van der Waals surface area contributed by atoms with Gasteiger partial charge in [0.05, 0.1) is 12.7 Å². The molecule has 0 amide bonds. The molecule has 0 aromatic rings. The van der Waals surface area contributed by atoms with Crippen molar-refractivity contribution in [3.05, 3.63) is 0 Å². The minimum Gasteiger partial charge on any atom is -0.465 e. The van der Waals surface area contributed by atoms with E-state index in [2.05, 4.69) is 27.7 Å². The average Bonchev–Trinajstić information content (AvgIpc) is 2.77. The van der Waals surface area contributed by atoms with Gasteiger partial charge < -0.3 is 9.84 Å².